The summed E-state index contributed by atoms with van der Waals surface area (Å²) in [6.07, 6.45) is 0.749. The number of aromatic nitrogens is 3. The lowest BCUT2D eigenvalue weighted by Gasteiger charge is -2.13. The third kappa shape index (κ3) is 3.12. The lowest BCUT2D eigenvalue weighted by molar-refractivity contribution is 0.258. The zero-order valence-electron chi connectivity index (χ0n) is 12.6. The number of para-hydroxylation sites is 1. The number of benzene rings is 1. The van der Waals surface area contributed by atoms with Crippen LogP contribution in [0.4, 0.5) is 4.39 Å². The number of pyridine rings is 1. The summed E-state index contributed by atoms with van der Waals surface area (Å²) in [6, 6.07) is 8.75. The van der Waals surface area contributed by atoms with Crippen molar-refractivity contribution in [2.75, 3.05) is 7.05 Å². The molecule has 1 aromatic carbocycles. The van der Waals surface area contributed by atoms with Gasteiger partial charge in [0, 0.05) is 18.4 Å². The zero-order valence-corrected chi connectivity index (χ0v) is 12.6. The van der Waals surface area contributed by atoms with E-state index in [0.29, 0.717) is 30.3 Å². The van der Waals surface area contributed by atoms with Gasteiger partial charge in [0.05, 0.1) is 12.2 Å². The van der Waals surface area contributed by atoms with E-state index in [-0.39, 0.29) is 5.82 Å². The monoisotopic (exact) mass is 300 g/mol. The highest BCUT2D eigenvalue weighted by molar-refractivity contribution is 5.79. The summed E-state index contributed by atoms with van der Waals surface area (Å²) >= 11 is 0. The van der Waals surface area contributed by atoms with Crippen LogP contribution in [-0.2, 0) is 19.5 Å². The third-order valence-electron chi connectivity index (χ3n) is 3.39. The van der Waals surface area contributed by atoms with Crippen LogP contribution in [0, 0.1) is 5.82 Å². The Morgan fingerprint density at radius 1 is 1.14 bits per heavy atom. The molecule has 0 unspecified atom stereocenters. The number of rotatable bonds is 5. The quantitative estimate of drug-likeness (QED) is 0.725. The normalized spacial score (nSPS) is 11.5. The summed E-state index contributed by atoms with van der Waals surface area (Å²) in [6.45, 7) is 3.09. The minimum Gasteiger partial charge on any atom is -0.338 e. The predicted molar refractivity (Wildman–Crippen MR) is 80.5 cm³/mol. The molecule has 0 aliphatic heterocycles. The Labute approximate surface area is 127 Å². The highest BCUT2D eigenvalue weighted by Gasteiger charge is 2.10. The van der Waals surface area contributed by atoms with E-state index in [1.807, 2.05) is 37.1 Å². The second kappa shape index (κ2) is 6.19. The van der Waals surface area contributed by atoms with Gasteiger partial charge in [0.25, 0.3) is 0 Å². The standard InChI is InChI=1S/C16H17FN4O/c1-3-14-19-15(22-20-14)10-21(2)9-12-8-7-11-5-4-6-13(17)16(11)18-12/h4-8H,3,9-10H2,1-2H3. The molecular weight excluding hydrogens is 283 g/mol. The van der Waals surface area contributed by atoms with Crippen molar-refractivity contribution in [3.05, 3.63) is 53.6 Å². The Morgan fingerprint density at radius 3 is 2.77 bits per heavy atom. The van der Waals surface area contributed by atoms with Crippen LogP contribution in [0.25, 0.3) is 10.9 Å². The van der Waals surface area contributed by atoms with E-state index in [1.165, 1.54) is 6.07 Å². The fourth-order valence-electron chi connectivity index (χ4n) is 2.30. The molecule has 0 amide bonds. The van der Waals surface area contributed by atoms with Gasteiger partial charge in [-0.1, -0.05) is 30.3 Å². The molecule has 0 radical (unpaired) electrons. The second-order valence-electron chi connectivity index (χ2n) is 5.24. The molecule has 2 aromatic heterocycles. The molecule has 2 heterocycles. The molecule has 0 atom stereocenters. The molecule has 0 aliphatic rings. The van der Waals surface area contributed by atoms with Crippen molar-refractivity contribution in [1.29, 1.82) is 0 Å². The molecule has 0 bridgehead atoms. The summed E-state index contributed by atoms with van der Waals surface area (Å²) < 4.78 is 19.0. The van der Waals surface area contributed by atoms with E-state index in [2.05, 4.69) is 15.1 Å². The van der Waals surface area contributed by atoms with Crippen LogP contribution < -0.4 is 0 Å². The summed E-state index contributed by atoms with van der Waals surface area (Å²) in [5, 5.41) is 4.67. The molecule has 0 fully saturated rings. The van der Waals surface area contributed by atoms with Crippen LogP contribution in [0.15, 0.2) is 34.9 Å². The van der Waals surface area contributed by atoms with Crippen molar-refractivity contribution in [2.45, 2.75) is 26.4 Å². The van der Waals surface area contributed by atoms with Crippen LogP contribution in [0.1, 0.15) is 24.3 Å². The van der Waals surface area contributed by atoms with Gasteiger partial charge in [-0.25, -0.2) is 9.37 Å². The fourth-order valence-corrected chi connectivity index (χ4v) is 2.30. The fraction of sp³-hybridized carbons (Fsp3) is 0.312. The van der Waals surface area contributed by atoms with Crippen LogP contribution in [-0.4, -0.2) is 27.1 Å². The van der Waals surface area contributed by atoms with Crippen LogP contribution in [0.3, 0.4) is 0 Å². The number of hydrogen-bond acceptors (Lipinski definition) is 5. The van der Waals surface area contributed by atoms with Gasteiger partial charge >= 0.3 is 0 Å². The number of halogens is 1. The number of fused-ring (bicyclic) bond motifs is 1. The Morgan fingerprint density at radius 2 is 2.00 bits per heavy atom. The third-order valence-corrected chi connectivity index (χ3v) is 3.39. The molecule has 0 saturated carbocycles. The summed E-state index contributed by atoms with van der Waals surface area (Å²) in [7, 11) is 1.93. The highest BCUT2D eigenvalue weighted by atomic mass is 19.1. The van der Waals surface area contributed by atoms with E-state index in [9.17, 15) is 4.39 Å². The molecule has 114 valence electrons. The van der Waals surface area contributed by atoms with Crippen LogP contribution in [0.5, 0.6) is 0 Å². The van der Waals surface area contributed by atoms with Gasteiger partial charge in [-0.15, -0.1) is 0 Å². The molecule has 0 N–H and O–H groups in total. The number of aryl methyl sites for hydroxylation is 1. The smallest absolute Gasteiger partial charge is 0.240 e. The molecule has 3 rings (SSSR count). The van der Waals surface area contributed by atoms with Crippen LogP contribution >= 0.6 is 0 Å². The lowest BCUT2D eigenvalue weighted by Crippen LogP contribution is -2.18. The average molecular weight is 300 g/mol. The lowest BCUT2D eigenvalue weighted by atomic mass is 10.2. The van der Waals surface area contributed by atoms with Crippen molar-refractivity contribution in [2.24, 2.45) is 0 Å². The van der Waals surface area contributed by atoms with Gasteiger partial charge in [0.2, 0.25) is 5.89 Å². The molecule has 0 aliphatic carbocycles. The van der Waals surface area contributed by atoms with E-state index in [4.69, 9.17) is 4.52 Å². The minimum absolute atomic E-state index is 0.300. The first-order valence-electron chi connectivity index (χ1n) is 7.20. The highest BCUT2D eigenvalue weighted by Crippen LogP contribution is 2.16. The molecular formula is C16H17FN4O. The molecule has 0 saturated heterocycles. The number of hydrogen-bond donors (Lipinski definition) is 0. The van der Waals surface area contributed by atoms with Crippen molar-refractivity contribution >= 4 is 10.9 Å². The zero-order chi connectivity index (χ0) is 15.5. The first-order valence-corrected chi connectivity index (χ1v) is 7.20. The van der Waals surface area contributed by atoms with Gasteiger partial charge in [-0.3, -0.25) is 4.90 Å². The van der Waals surface area contributed by atoms with Gasteiger partial charge < -0.3 is 4.52 Å². The Kier molecular flexibility index (Phi) is 4.11. The summed E-state index contributed by atoms with van der Waals surface area (Å²) in [5.74, 6) is 0.979. The first kappa shape index (κ1) is 14.6. The minimum atomic E-state index is -0.300. The maximum Gasteiger partial charge on any atom is 0.240 e. The average Bonchev–Trinajstić information content (AvgIpc) is 2.95. The van der Waals surface area contributed by atoms with Crippen molar-refractivity contribution in [3.63, 3.8) is 0 Å². The second-order valence-corrected chi connectivity index (χ2v) is 5.24. The predicted octanol–water partition coefficient (Wildman–Crippen LogP) is 2.95. The van der Waals surface area contributed by atoms with Crippen molar-refractivity contribution in [3.8, 4) is 0 Å². The maximum absolute atomic E-state index is 13.8. The molecule has 6 heteroatoms. The molecule has 22 heavy (non-hydrogen) atoms. The van der Waals surface area contributed by atoms with E-state index in [1.54, 1.807) is 6.07 Å². The Bertz CT molecular complexity index is 787. The maximum atomic E-state index is 13.8. The first-order chi connectivity index (χ1) is 10.7. The molecule has 3 aromatic rings. The van der Waals surface area contributed by atoms with Gasteiger partial charge in [0.15, 0.2) is 5.82 Å². The Hall–Kier alpha value is -2.34. The topological polar surface area (TPSA) is 55.1 Å². The van der Waals surface area contributed by atoms with Crippen molar-refractivity contribution in [1.82, 2.24) is 20.0 Å². The largest absolute Gasteiger partial charge is 0.338 e. The van der Waals surface area contributed by atoms with Crippen LogP contribution in [0.2, 0.25) is 0 Å². The van der Waals surface area contributed by atoms with Crippen molar-refractivity contribution < 1.29 is 8.91 Å². The molecule has 0 spiro atoms. The van der Waals surface area contributed by atoms with E-state index < -0.39 is 0 Å². The van der Waals surface area contributed by atoms with Gasteiger partial charge in [0.1, 0.15) is 11.3 Å². The SMILES string of the molecule is CCc1noc(CN(C)Cc2ccc3cccc(F)c3n2)n1. The number of nitrogens with zero attached hydrogens (tertiary/aromatic N) is 4. The Balaban J connectivity index is 1.73. The summed E-state index contributed by atoms with van der Waals surface area (Å²) in [4.78, 5) is 10.7. The van der Waals surface area contributed by atoms with Gasteiger partial charge in [-0.05, 0) is 19.2 Å². The molecule has 5 nitrogen and oxygen atoms in total. The van der Waals surface area contributed by atoms with E-state index in [0.717, 1.165) is 17.5 Å². The van der Waals surface area contributed by atoms with E-state index >= 15 is 0 Å². The summed E-state index contributed by atoms with van der Waals surface area (Å²) in [5.41, 5.74) is 1.20. The van der Waals surface area contributed by atoms with Gasteiger partial charge in [-0.2, -0.15) is 4.98 Å².